The molecule has 0 atom stereocenters. The number of rotatable bonds is 3. The van der Waals surface area contributed by atoms with Gasteiger partial charge in [0.25, 0.3) is 0 Å². The Bertz CT molecular complexity index is 428. The zero-order valence-corrected chi connectivity index (χ0v) is 14.8. The fraction of sp³-hybridized carbons (Fsp3) is 0.500. The van der Waals surface area contributed by atoms with Crippen LogP contribution >= 0.6 is 11.8 Å². The molecule has 1 fully saturated rings. The van der Waals surface area contributed by atoms with E-state index in [1.807, 2.05) is 11.8 Å². The molecule has 0 bridgehead atoms. The van der Waals surface area contributed by atoms with Crippen LogP contribution in [0.15, 0.2) is 29.4 Å². The molecule has 0 aromatic carbocycles. The zero-order chi connectivity index (χ0) is 13.0. The summed E-state index contributed by atoms with van der Waals surface area (Å²) in [7, 11) is 4.28. The number of piperazine rings is 1. The molecule has 2 heterocycles. The number of thioether (sulfide) groups is 1. The van der Waals surface area contributed by atoms with Crippen LogP contribution in [0, 0.1) is 0 Å². The van der Waals surface area contributed by atoms with E-state index < -0.39 is 0 Å². The smallest absolute Gasteiger partial charge is 0.207 e. The summed E-state index contributed by atoms with van der Waals surface area (Å²) in [6.45, 7) is 4.55. The van der Waals surface area contributed by atoms with Crippen molar-refractivity contribution >= 4 is 17.8 Å². The predicted octanol–water partition coefficient (Wildman–Crippen LogP) is -1.58. The van der Waals surface area contributed by atoms with Crippen molar-refractivity contribution in [2.24, 2.45) is 7.05 Å². The second-order valence-electron chi connectivity index (χ2n) is 4.71. The van der Waals surface area contributed by atoms with E-state index in [1.54, 1.807) is 0 Å². The Labute approximate surface area is 137 Å². The highest BCUT2D eigenvalue weighted by atomic mass is 127. The Balaban J connectivity index is 0.00000180. The SMILES string of the molecule is CS/C(=C\c1cccc[n+]1C)N1CCN(C)CC1.[I-]. The number of hydrogen-bond donors (Lipinski definition) is 0. The van der Waals surface area contributed by atoms with Gasteiger partial charge >= 0.3 is 0 Å². The third-order valence-corrected chi connectivity index (χ3v) is 4.18. The van der Waals surface area contributed by atoms with Crippen molar-refractivity contribution < 1.29 is 28.5 Å². The summed E-state index contributed by atoms with van der Waals surface area (Å²) in [4.78, 5) is 4.87. The van der Waals surface area contributed by atoms with Crippen molar-refractivity contribution in [2.45, 2.75) is 0 Å². The monoisotopic (exact) mass is 391 g/mol. The number of aromatic nitrogens is 1. The van der Waals surface area contributed by atoms with E-state index in [0.717, 1.165) is 26.2 Å². The number of hydrogen-bond acceptors (Lipinski definition) is 3. The van der Waals surface area contributed by atoms with Gasteiger partial charge < -0.3 is 33.8 Å². The van der Waals surface area contributed by atoms with E-state index in [9.17, 15) is 0 Å². The average molecular weight is 391 g/mol. The van der Waals surface area contributed by atoms with Crippen LogP contribution in [0.5, 0.6) is 0 Å². The minimum Gasteiger partial charge on any atom is -1.00 e. The lowest BCUT2D eigenvalue weighted by atomic mass is 10.3. The van der Waals surface area contributed by atoms with Crippen molar-refractivity contribution in [3.05, 3.63) is 35.1 Å². The number of halogens is 1. The first-order chi connectivity index (χ1) is 8.70. The molecular formula is C14H22IN3S. The maximum Gasteiger partial charge on any atom is 0.207 e. The molecule has 0 spiro atoms. The molecule has 1 aromatic heterocycles. The van der Waals surface area contributed by atoms with Gasteiger partial charge in [0.2, 0.25) is 5.69 Å². The van der Waals surface area contributed by atoms with Crippen LogP contribution in [-0.2, 0) is 7.05 Å². The van der Waals surface area contributed by atoms with Gasteiger partial charge in [-0.3, -0.25) is 0 Å². The van der Waals surface area contributed by atoms with Crippen molar-refractivity contribution in [1.82, 2.24) is 9.80 Å². The maximum absolute atomic E-state index is 2.48. The Morgan fingerprint density at radius 3 is 2.53 bits per heavy atom. The average Bonchev–Trinajstić information content (AvgIpc) is 2.39. The van der Waals surface area contributed by atoms with Crippen LogP contribution in [0.1, 0.15) is 5.69 Å². The van der Waals surface area contributed by atoms with Gasteiger partial charge in [-0.2, -0.15) is 0 Å². The number of aryl methyl sites for hydroxylation is 1. The quantitative estimate of drug-likeness (QED) is 0.456. The maximum atomic E-state index is 2.48. The number of pyridine rings is 1. The Morgan fingerprint density at radius 1 is 1.26 bits per heavy atom. The topological polar surface area (TPSA) is 10.4 Å². The van der Waals surface area contributed by atoms with Gasteiger partial charge in [0, 0.05) is 44.4 Å². The summed E-state index contributed by atoms with van der Waals surface area (Å²) in [6.07, 6.45) is 6.54. The third-order valence-electron chi connectivity index (χ3n) is 3.39. The van der Waals surface area contributed by atoms with E-state index in [1.165, 1.54) is 10.7 Å². The van der Waals surface area contributed by atoms with Crippen molar-refractivity contribution in [3.8, 4) is 0 Å². The number of likely N-dealkylation sites (N-methyl/N-ethyl adjacent to an activating group) is 1. The van der Waals surface area contributed by atoms with Crippen molar-refractivity contribution in [3.63, 3.8) is 0 Å². The molecule has 19 heavy (non-hydrogen) atoms. The highest BCUT2D eigenvalue weighted by Crippen LogP contribution is 2.21. The molecule has 5 heteroatoms. The van der Waals surface area contributed by atoms with Gasteiger partial charge in [-0.05, 0) is 19.4 Å². The van der Waals surface area contributed by atoms with Crippen LogP contribution < -0.4 is 28.5 Å². The minimum absolute atomic E-state index is 0. The highest BCUT2D eigenvalue weighted by Gasteiger charge is 2.16. The van der Waals surface area contributed by atoms with Crippen molar-refractivity contribution in [2.75, 3.05) is 39.5 Å². The lowest BCUT2D eigenvalue weighted by Crippen LogP contribution is -3.00. The van der Waals surface area contributed by atoms with E-state index in [-0.39, 0.29) is 24.0 Å². The van der Waals surface area contributed by atoms with Gasteiger partial charge in [0.15, 0.2) is 6.20 Å². The van der Waals surface area contributed by atoms with Crippen LogP contribution in [0.4, 0.5) is 0 Å². The largest absolute Gasteiger partial charge is 1.00 e. The molecular weight excluding hydrogens is 369 g/mol. The number of nitrogens with zero attached hydrogens (tertiary/aromatic N) is 3. The molecule has 1 saturated heterocycles. The molecule has 106 valence electrons. The fourth-order valence-corrected chi connectivity index (χ4v) is 2.80. The fourth-order valence-electron chi connectivity index (χ4n) is 2.12. The van der Waals surface area contributed by atoms with E-state index >= 15 is 0 Å². The second kappa shape index (κ2) is 8.11. The molecule has 1 aromatic rings. The summed E-state index contributed by atoms with van der Waals surface area (Å²) in [6, 6.07) is 6.31. The first-order valence-corrected chi connectivity index (χ1v) is 7.57. The first kappa shape index (κ1) is 16.8. The lowest BCUT2D eigenvalue weighted by molar-refractivity contribution is -0.673. The Hall–Kier alpha value is -0.270. The van der Waals surface area contributed by atoms with E-state index in [4.69, 9.17) is 0 Å². The molecule has 0 saturated carbocycles. The summed E-state index contributed by atoms with van der Waals surface area (Å²) in [5, 5.41) is 1.37. The van der Waals surface area contributed by atoms with Crippen LogP contribution in [-0.4, -0.2) is 49.3 Å². The Morgan fingerprint density at radius 2 is 1.95 bits per heavy atom. The van der Waals surface area contributed by atoms with Crippen LogP contribution in [0.25, 0.3) is 6.08 Å². The van der Waals surface area contributed by atoms with E-state index in [2.05, 4.69) is 65.2 Å². The molecule has 1 aliphatic heterocycles. The summed E-state index contributed by atoms with van der Waals surface area (Å²) in [5.41, 5.74) is 1.25. The molecule has 0 radical (unpaired) electrons. The van der Waals surface area contributed by atoms with Crippen molar-refractivity contribution in [1.29, 1.82) is 0 Å². The van der Waals surface area contributed by atoms with E-state index in [0.29, 0.717) is 0 Å². The predicted molar refractivity (Wildman–Crippen MR) is 78.2 cm³/mol. The standard InChI is InChI=1S/C14H22N3S.HI/c1-15-8-10-17(11-9-15)14(18-3)12-13-6-4-5-7-16(13)2;/h4-7,12H,8-11H2,1-3H3;1H/q+1;/p-1. The van der Waals surface area contributed by atoms with Gasteiger partial charge in [-0.15, -0.1) is 11.8 Å². The van der Waals surface area contributed by atoms with Gasteiger partial charge in [-0.25, -0.2) is 4.57 Å². The molecule has 0 amide bonds. The first-order valence-electron chi connectivity index (χ1n) is 6.34. The summed E-state index contributed by atoms with van der Waals surface area (Å²) in [5.74, 6) is 0. The normalized spacial score (nSPS) is 17.2. The van der Waals surface area contributed by atoms with Gasteiger partial charge in [0.1, 0.15) is 7.05 Å². The van der Waals surface area contributed by atoms with Gasteiger partial charge in [0.05, 0.1) is 5.03 Å². The minimum atomic E-state index is 0. The summed E-state index contributed by atoms with van der Waals surface area (Å²) < 4.78 is 2.16. The van der Waals surface area contributed by atoms with Gasteiger partial charge in [-0.1, -0.05) is 0 Å². The third kappa shape index (κ3) is 4.65. The molecule has 0 aliphatic carbocycles. The molecule has 3 nitrogen and oxygen atoms in total. The molecule has 0 N–H and O–H groups in total. The molecule has 1 aliphatic rings. The van der Waals surface area contributed by atoms with Crippen LogP contribution in [0.2, 0.25) is 0 Å². The highest BCUT2D eigenvalue weighted by molar-refractivity contribution is 8.02. The second-order valence-corrected chi connectivity index (χ2v) is 5.54. The lowest BCUT2D eigenvalue weighted by Gasteiger charge is -2.34. The Kier molecular flexibility index (Phi) is 7.17. The summed E-state index contributed by atoms with van der Waals surface area (Å²) >= 11 is 1.84. The van der Waals surface area contributed by atoms with Crippen LogP contribution in [0.3, 0.4) is 0 Å². The molecule has 2 rings (SSSR count). The zero-order valence-electron chi connectivity index (χ0n) is 11.8. The molecule has 0 unspecified atom stereocenters.